The Morgan fingerprint density at radius 2 is 1.96 bits per heavy atom. The first-order valence-corrected chi connectivity index (χ1v) is 19.8. The highest BCUT2D eigenvalue weighted by Crippen LogP contribution is 2.41. The van der Waals surface area contributed by atoms with Crippen LogP contribution < -0.4 is 14.4 Å². The molecule has 2 N–H and O–H groups in total. The Hall–Kier alpha value is -2.81. The number of nitrogens with one attached hydrogen (secondary N) is 1. The van der Waals surface area contributed by atoms with Crippen LogP contribution >= 0.6 is 11.6 Å². The van der Waals surface area contributed by atoms with Gasteiger partial charge in [0.2, 0.25) is 10.0 Å². The highest BCUT2D eigenvalue weighted by Gasteiger charge is 2.38. The van der Waals surface area contributed by atoms with Crippen molar-refractivity contribution < 1.29 is 23.1 Å². The quantitative estimate of drug-likeness (QED) is 0.193. The molecule has 0 unspecified atom stereocenters. The summed E-state index contributed by atoms with van der Waals surface area (Å²) in [4.78, 5) is 16.0. The normalized spacial score (nSPS) is 21.9. The van der Waals surface area contributed by atoms with E-state index in [1.54, 1.807) is 24.3 Å². The predicted octanol–water partition coefficient (Wildman–Crippen LogP) is 8.25. The van der Waals surface area contributed by atoms with Crippen LogP contribution in [0.1, 0.15) is 99.5 Å². The number of hydrogen-bond acceptors (Lipinski definition) is 6. The smallest absolute Gasteiger partial charge is 0.264 e. The maximum atomic E-state index is 13.7. The van der Waals surface area contributed by atoms with Crippen LogP contribution in [0.25, 0.3) is 0 Å². The van der Waals surface area contributed by atoms with E-state index in [0.717, 1.165) is 75.6 Å². The molecule has 0 spiro atoms. The molecule has 1 heterocycles. The molecule has 2 aromatic carbocycles. The molecule has 2 aliphatic carbocycles. The van der Waals surface area contributed by atoms with Gasteiger partial charge in [0.15, 0.2) is 0 Å². The molecular formula is C39H53ClN2O5S. The Bertz CT molecular complexity index is 1560. The van der Waals surface area contributed by atoms with E-state index < -0.39 is 27.3 Å². The number of nitrogens with zero attached hydrogens (tertiary/aromatic N) is 1. The van der Waals surface area contributed by atoms with Crippen molar-refractivity contribution in [3.8, 4) is 5.75 Å². The Balaban J connectivity index is 1.42. The topological polar surface area (TPSA) is 95.9 Å². The zero-order valence-corrected chi connectivity index (χ0v) is 30.2. The van der Waals surface area contributed by atoms with Crippen LogP contribution in [0.3, 0.4) is 0 Å². The number of hydrogen-bond donors (Lipinski definition) is 2. The summed E-state index contributed by atoms with van der Waals surface area (Å²) in [6.45, 7) is 9.66. The molecule has 0 saturated heterocycles. The number of unbranched alkanes of at least 4 members (excludes halogenated alkanes) is 1. The summed E-state index contributed by atoms with van der Waals surface area (Å²) in [5.74, 6) is 0.715. The van der Waals surface area contributed by atoms with Crippen LogP contribution in [-0.4, -0.2) is 43.9 Å². The van der Waals surface area contributed by atoms with Crippen molar-refractivity contribution in [2.45, 2.75) is 102 Å². The molecule has 2 saturated carbocycles. The lowest BCUT2D eigenvalue weighted by molar-refractivity contribution is 0.0461. The second-order valence-electron chi connectivity index (χ2n) is 14.2. The SMILES string of the molecule is C=CC[C@H](C)[C@@H](CC1CC1)S(=O)(=O)NC(=O)c1ccc2c(c1)N(C[C@@H]1CC[C@H]1[C@@H](O)/C=C/CCC)CCCCc1cc(Cl)ccc1CO2. The highest BCUT2D eigenvalue weighted by atomic mass is 35.5. The second-order valence-corrected chi connectivity index (χ2v) is 16.5. The van der Waals surface area contributed by atoms with Gasteiger partial charge in [0.25, 0.3) is 5.91 Å². The van der Waals surface area contributed by atoms with Crippen molar-refractivity contribution in [2.24, 2.45) is 23.7 Å². The molecule has 1 aliphatic heterocycles. The fourth-order valence-corrected chi connectivity index (χ4v) is 9.17. The number of benzene rings is 2. The fraction of sp³-hybridized carbons (Fsp3) is 0.564. The van der Waals surface area contributed by atoms with E-state index in [-0.39, 0.29) is 23.3 Å². The summed E-state index contributed by atoms with van der Waals surface area (Å²) in [6.07, 6.45) is 15.2. The molecular weight excluding hydrogens is 644 g/mol. The third kappa shape index (κ3) is 9.45. The Morgan fingerprint density at radius 1 is 1.15 bits per heavy atom. The predicted molar refractivity (Wildman–Crippen MR) is 195 cm³/mol. The Kier molecular flexibility index (Phi) is 12.7. The van der Waals surface area contributed by atoms with Crippen molar-refractivity contribution in [3.63, 3.8) is 0 Å². The lowest BCUT2D eigenvalue weighted by atomic mass is 9.70. The number of carbonyl (C=O) groups is 1. The second kappa shape index (κ2) is 16.7. The molecule has 3 aliphatic rings. The lowest BCUT2D eigenvalue weighted by Gasteiger charge is -2.42. The van der Waals surface area contributed by atoms with Gasteiger partial charge in [-0.3, -0.25) is 4.79 Å². The fourth-order valence-electron chi connectivity index (χ4n) is 7.20. The molecule has 5 rings (SSSR count). The number of amides is 1. The van der Waals surface area contributed by atoms with E-state index in [0.29, 0.717) is 42.7 Å². The molecule has 7 nitrogen and oxygen atoms in total. The first-order valence-electron chi connectivity index (χ1n) is 17.9. The van der Waals surface area contributed by atoms with Crippen molar-refractivity contribution in [3.05, 3.63) is 82.9 Å². The number of halogens is 1. The van der Waals surface area contributed by atoms with E-state index >= 15 is 0 Å². The lowest BCUT2D eigenvalue weighted by Crippen LogP contribution is -2.43. The largest absolute Gasteiger partial charge is 0.487 e. The number of ether oxygens (including phenoxy) is 1. The molecule has 262 valence electrons. The van der Waals surface area contributed by atoms with E-state index in [2.05, 4.69) is 29.2 Å². The number of anilines is 1. The third-order valence-corrected chi connectivity index (χ3v) is 12.6. The van der Waals surface area contributed by atoms with Crippen molar-refractivity contribution in [2.75, 3.05) is 18.0 Å². The average Bonchev–Trinajstić information content (AvgIpc) is 3.86. The number of rotatable bonds is 14. The van der Waals surface area contributed by atoms with Crippen LogP contribution in [0, 0.1) is 23.7 Å². The molecule has 5 atom stereocenters. The summed E-state index contributed by atoms with van der Waals surface area (Å²) in [7, 11) is -3.92. The van der Waals surface area contributed by atoms with Gasteiger partial charge in [0, 0.05) is 23.7 Å². The van der Waals surface area contributed by atoms with Crippen molar-refractivity contribution in [1.29, 1.82) is 0 Å². The maximum absolute atomic E-state index is 13.7. The Morgan fingerprint density at radius 3 is 2.67 bits per heavy atom. The molecule has 2 aromatic rings. The number of aliphatic hydroxyl groups excluding tert-OH is 1. The standard InChI is InChI=1S/C39H53ClN2O5S/c1-4-6-7-12-36(43)34-19-16-31(34)25-42-21-9-8-11-29-23-33(40)18-15-32(29)26-47-37-20-17-30(24-35(37)42)39(44)41-48(45,46)38(22-28-13-14-28)27(3)10-5-2/h5,7,12,15,17-18,20,23-24,27-28,31,34,36,38,43H,2,4,6,8-11,13-14,16,19,21-22,25-26H2,1,3H3,(H,41,44)/b12-7+/t27-,31-,34+,36-,38+/m0/s1. The first kappa shape index (κ1) is 36.5. The van der Waals surface area contributed by atoms with Gasteiger partial charge in [-0.15, -0.1) is 6.58 Å². The molecule has 2 fully saturated rings. The molecule has 0 aromatic heterocycles. The van der Waals surface area contributed by atoms with Gasteiger partial charge >= 0.3 is 0 Å². The average molecular weight is 697 g/mol. The maximum Gasteiger partial charge on any atom is 0.264 e. The van der Waals surface area contributed by atoms with Crippen LogP contribution in [0.15, 0.2) is 61.2 Å². The van der Waals surface area contributed by atoms with Crippen molar-refractivity contribution in [1.82, 2.24) is 4.72 Å². The zero-order valence-electron chi connectivity index (χ0n) is 28.6. The van der Waals surface area contributed by atoms with E-state index in [1.165, 1.54) is 5.56 Å². The van der Waals surface area contributed by atoms with Crippen LogP contribution in [-0.2, 0) is 23.1 Å². The molecule has 9 heteroatoms. The summed E-state index contributed by atoms with van der Waals surface area (Å²) in [5, 5.41) is 11.0. The molecule has 48 heavy (non-hydrogen) atoms. The van der Waals surface area contributed by atoms with Crippen LogP contribution in [0.5, 0.6) is 5.75 Å². The van der Waals surface area contributed by atoms with Gasteiger partial charge in [-0.1, -0.05) is 69.0 Å². The number of carbonyl (C=O) groups excluding carboxylic acids is 1. The van der Waals surface area contributed by atoms with Crippen LogP contribution in [0.2, 0.25) is 5.02 Å². The van der Waals surface area contributed by atoms with Gasteiger partial charge < -0.3 is 14.7 Å². The number of aryl methyl sites for hydroxylation is 1. The van der Waals surface area contributed by atoms with E-state index in [1.807, 2.05) is 31.2 Å². The van der Waals surface area contributed by atoms with Crippen molar-refractivity contribution >= 4 is 33.2 Å². The van der Waals surface area contributed by atoms with Crippen LogP contribution in [0.4, 0.5) is 5.69 Å². The highest BCUT2D eigenvalue weighted by molar-refractivity contribution is 7.90. The minimum Gasteiger partial charge on any atom is -0.487 e. The minimum absolute atomic E-state index is 0.148. The summed E-state index contributed by atoms with van der Waals surface area (Å²) in [5.41, 5.74) is 3.30. The van der Waals surface area contributed by atoms with Gasteiger partial charge in [0.05, 0.1) is 17.0 Å². The first-order chi connectivity index (χ1) is 23.1. The third-order valence-electron chi connectivity index (χ3n) is 10.5. The number of allylic oxidation sites excluding steroid dienone is 2. The zero-order chi connectivity index (χ0) is 34.3. The summed E-state index contributed by atoms with van der Waals surface area (Å²) < 4.78 is 36.2. The molecule has 0 radical (unpaired) electrons. The molecule has 0 bridgehead atoms. The molecule has 1 amide bonds. The van der Waals surface area contributed by atoms with Gasteiger partial charge in [0.1, 0.15) is 12.4 Å². The number of aliphatic hydroxyl groups is 1. The minimum atomic E-state index is -3.92. The summed E-state index contributed by atoms with van der Waals surface area (Å²) >= 11 is 6.35. The van der Waals surface area contributed by atoms with Gasteiger partial charge in [-0.2, -0.15) is 0 Å². The van der Waals surface area contributed by atoms with Gasteiger partial charge in [-0.05, 0) is 116 Å². The van der Waals surface area contributed by atoms with E-state index in [4.69, 9.17) is 16.3 Å². The summed E-state index contributed by atoms with van der Waals surface area (Å²) in [6, 6.07) is 11.1. The number of sulfonamides is 1. The van der Waals surface area contributed by atoms with Gasteiger partial charge in [-0.25, -0.2) is 13.1 Å². The monoisotopic (exact) mass is 696 g/mol. The van der Waals surface area contributed by atoms with E-state index in [9.17, 15) is 18.3 Å². The number of fused-ring (bicyclic) bond motifs is 2. The Labute approximate surface area is 292 Å².